The Bertz CT molecular complexity index is 284. The predicted octanol–water partition coefficient (Wildman–Crippen LogP) is 0.957. The molecule has 13 heavy (non-hydrogen) atoms. The highest BCUT2D eigenvalue weighted by molar-refractivity contribution is 5.23. The Morgan fingerprint density at radius 1 is 1.31 bits per heavy atom. The van der Waals surface area contributed by atoms with Gasteiger partial charge in [-0.1, -0.05) is 5.92 Å². The first kappa shape index (κ1) is 9.69. The number of hydrogen-bond donors (Lipinski definition) is 1. The number of hydrogen-bond acceptors (Lipinski definition) is 3. The molecule has 0 radical (unpaired) electrons. The molecule has 0 spiro atoms. The summed E-state index contributed by atoms with van der Waals surface area (Å²) in [5.41, 5.74) is 6.08. The minimum atomic E-state index is 0.732. The van der Waals surface area contributed by atoms with Crippen molar-refractivity contribution in [2.75, 3.05) is 6.54 Å². The third kappa shape index (κ3) is 4.24. The zero-order valence-corrected chi connectivity index (χ0v) is 7.53. The molecule has 68 valence electrons. The first-order valence-electron chi connectivity index (χ1n) is 4.38. The Balaban J connectivity index is 2.31. The summed E-state index contributed by atoms with van der Waals surface area (Å²) in [6.45, 7) is 0.743. The summed E-state index contributed by atoms with van der Waals surface area (Å²) < 4.78 is 0. The zero-order valence-electron chi connectivity index (χ0n) is 7.53. The van der Waals surface area contributed by atoms with Gasteiger partial charge in [-0.3, -0.25) is 4.98 Å². The number of aromatic nitrogens is 2. The molecule has 0 bridgehead atoms. The van der Waals surface area contributed by atoms with E-state index in [1.165, 1.54) is 0 Å². The molecule has 3 nitrogen and oxygen atoms in total. The molecule has 0 aromatic carbocycles. The van der Waals surface area contributed by atoms with E-state index >= 15 is 0 Å². The molecule has 0 atom stereocenters. The molecule has 0 saturated carbocycles. The SMILES string of the molecule is NCCCCC#Cc1cnccn1. The normalized spacial score (nSPS) is 9.00. The highest BCUT2D eigenvalue weighted by Gasteiger charge is 1.84. The van der Waals surface area contributed by atoms with Gasteiger partial charge in [0.05, 0.1) is 6.20 Å². The van der Waals surface area contributed by atoms with Crippen LogP contribution >= 0.6 is 0 Å². The van der Waals surface area contributed by atoms with Crippen molar-refractivity contribution in [1.29, 1.82) is 0 Å². The van der Waals surface area contributed by atoms with E-state index in [1.807, 2.05) is 0 Å². The van der Waals surface area contributed by atoms with Gasteiger partial charge in [0.25, 0.3) is 0 Å². The van der Waals surface area contributed by atoms with E-state index in [0.717, 1.165) is 31.5 Å². The molecule has 1 aromatic rings. The third-order valence-corrected chi connectivity index (χ3v) is 1.54. The van der Waals surface area contributed by atoms with Crippen molar-refractivity contribution in [3.63, 3.8) is 0 Å². The second kappa shape index (κ2) is 6.15. The Hall–Kier alpha value is -1.40. The molecule has 3 heteroatoms. The Morgan fingerprint density at radius 2 is 2.23 bits per heavy atom. The van der Waals surface area contributed by atoms with E-state index in [1.54, 1.807) is 18.6 Å². The second-order valence-electron chi connectivity index (χ2n) is 2.64. The van der Waals surface area contributed by atoms with Crippen LogP contribution in [0.4, 0.5) is 0 Å². The summed E-state index contributed by atoms with van der Waals surface area (Å²) in [5.74, 6) is 5.97. The number of rotatable bonds is 3. The first-order valence-corrected chi connectivity index (χ1v) is 4.38. The molecule has 0 fully saturated rings. The van der Waals surface area contributed by atoms with Gasteiger partial charge in [0.15, 0.2) is 0 Å². The van der Waals surface area contributed by atoms with Gasteiger partial charge in [-0.05, 0) is 25.3 Å². The van der Waals surface area contributed by atoms with Crippen LogP contribution in [0.2, 0.25) is 0 Å². The first-order chi connectivity index (χ1) is 6.43. The fourth-order valence-electron chi connectivity index (χ4n) is 0.874. The van der Waals surface area contributed by atoms with Gasteiger partial charge in [0.1, 0.15) is 5.69 Å². The molecule has 1 aromatic heterocycles. The Labute approximate surface area is 78.4 Å². The quantitative estimate of drug-likeness (QED) is 0.550. The van der Waals surface area contributed by atoms with Crippen molar-refractivity contribution in [2.45, 2.75) is 19.3 Å². The van der Waals surface area contributed by atoms with Crippen molar-refractivity contribution in [1.82, 2.24) is 9.97 Å². The van der Waals surface area contributed by atoms with Crippen LogP contribution in [0.3, 0.4) is 0 Å². The fourth-order valence-corrected chi connectivity index (χ4v) is 0.874. The summed E-state index contributed by atoms with van der Waals surface area (Å²) in [5, 5.41) is 0. The average molecular weight is 175 g/mol. The van der Waals surface area contributed by atoms with E-state index in [-0.39, 0.29) is 0 Å². The summed E-state index contributed by atoms with van der Waals surface area (Å²) >= 11 is 0. The van der Waals surface area contributed by atoms with Crippen LogP contribution in [-0.4, -0.2) is 16.5 Å². The van der Waals surface area contributed by atoms with Crippen LogP contribution in [0.15, 0.2) is 18.6 Å². The van der Waals surface area contributed by atoms with Crippen molar-refractivity contribution < 1.29 is 0 Å². The largest absolute Gasteiger partial charge is 0.330 e. The molecule has 1 heterocycles. The van der Waals surface area contributed by atoms with Crippen LogP contribution in [-0.2, 0) is 0 Å². The minimum Gasteiger partial charge on any atom is -0.330 e. The van der Waals surface area contributed by atoms with E-state index in [4.69, 9.17) is 5.73 Å². The monoisotopic (exact) mass is 175 g/mol. The maximum atomic E-state index is 5.35. The van der Waals surface area contributed by atoms with Crippen molar-refractivity contribution in [2.24, 2.45) is 5.73 Å². The number of nitrogens with zero attached hydrogens (tertiary/aromatic N) is 2. The molecule has 2 N–H and O–H groups in total. The Morgan fingerprint density at radius 3 is 2.92 bits per heavy atom. The molecule has 0 aliphatic carbocycles. The topological polar surface area (TPSA) is 51.8 Å². The van der Waals surface area contributed by atoms with E-state index in [2.05, 4.69) is 21.8 Å². The van der Waals surface area contributed by atoms with Crippen molar-refractivity contribution >= 4 is 0 Å². The fraction of sp³-hybridized carbons (Fsp3) is 0.400. The van der Waals surface area contributed by atoms with Gasteiger partial charge in [-0.2, -0.15) is 0 Å². The lowest BCUT2D eigenvalue weighted by Crippen LogP contribution is -1.96. The van der Waals surface area contributed by atoms with E-state index < -0.39 is 0 Å². The van der Waals surface area contributed by atoms with Crippen LogP contribution < -0.4 is 5.73 Å². The van der Waals surface area contributed by atoms with Crippen molar-refractivity contribution in [3.8, 4) is 11.8 Å². The smallest absolute Gasteiger partial charge is 0.131 e. The summed E-state index contributed by atoms with van der Waals surface area (Å²) in [6, 6.07) is 0. The van der Waals surface area contributed by atoms with Crippen LogP contribution in [0.25, 0.3) is 0 Å². The van der Waals surface area contributed by atoms with Gasteiger partial charge >= 0.3 is 0 Å². The Kier molecular flexibility index (Phi) is 4.58. The molecule has 0 amide bonds. The molecular weight excluding hydrogens is 162 g/mol. The lowest BCUT2D eigenvalue weighted by atomic mass is 10.2. The summed E-state index contributed by atoms with van der Waals surface area (Å²) in [4.78, 5) is 7.95. The molecule has 0 aliphatic rings. The lowest BCUT2D eigenvalue weighted by Gasteiger charge is -1.89. The standard InChI is InChI=1S/C10H13N3/c11-6-4-2-1-3-5-10-9-12-7-8-13-10/h7-9H,1-2,4,6,11H2. The summed E-state index contributed by atoms with van der Waals surface area (Å²) in [7, 11) is 0. The van der Waals surface area contributed by atoms with Gasteiger partial charge in [-0.25, -0.2) is 4.98 Å². The summed E-state index contributed by atoms with van der Waals surface area (Å²) in [6.07, 6.45) is 7.92. The third-order valence-electron chi connectivity index (χ3n) is 1.54. The van der Waals surface area contributed by atoms with E-state index in [0.29, 0.717) is 0 Å². The van der Waals surface area contributed by atoms with Crippen LogP contribution in [0, 0.1) is 11.8 Å². The van der Waals surface area contributed by atoms with Gasteiger partial charge in [-0.15, -0.1) is 0 Å². The highest BCUT2D eigenvalue weighted by Crippen LogP contribution is 1.92. The predicted molar refractivity (Wildman–Crippen MR) is 51.8 cm³/mol. The van der Waals surface area contributed by atoms with Gasteiger partial charge < -0.3 is 5.73 Å². The number of nitrogens with two attached hydrogens (primary N) is 1. The van der Waals surface area contributed by atoms with Gasteiger partial charge in [0, 0.05) is 18.8 Å². The minimum absolute atomic E-state index is 0.732. The van der Waals surface area contributed by atoms with Crippen LogP contribution in [0.5, 0.6) is 0 Å². The highest BCUT2D eigenvalue weighted by atomic mass is 14.7. The molecule has 0 aliphatic heterocycles. The zero-order chi connectivity index (χ0) is 9.36. The molecule has 1 rings (SSSR count). The van der Waals surface area contributed by atoms with E-state index in [9.17, 15) is 0 Å². The average Bonchev–Trinajstić information content (AvgIpc) is 2.19. The molecule has 0 unspecified atom stereocenters. The lowest BCUT2D eigenvalue weighted by molar-refractivity contribution is 0.767. The molecular formula is C10H13N3. The van der Waals surface area contributed by atoms with Gasteiger partial charge in [0.2, 0.25) is 0 Å². The number of unbranched alkanes of at least 4 members (excludes halogenated alkanes) is 2. The maximum absolute atomic E-state index is 5.35. The van der Waals surface area contributed by atoms with Crippen LogP contribution in [0.1, 0.15) is 25.0 Å². The second-order valence-corrected chi connectivity index (χ2v) is 2.64. The maximum Gasteiger partial charge on any atom is 0.131 e. The molecule has 0 saturated heterocycles. The van der Waals surface area contributed by atoms with Crippen molar-refractivity contribution in [3.05, 3.63) is 24.3 Å².